The molecule has 0 saturated heterocycles. The fourth-order valence-corrected chi connectivity index (χ4v) is 4.54. The Hall–Kier alpha value is -4.72. The molecule has 1 atom stereocenters. The average Bonchev–Trinajstić information content (AvgIpc) is 3.67. The Labute approximate surface area is 213 Å². The smallest absolute Gasteiger partial charge is 0.388 e. The van der Waals surface area contributed by atoms with Crippen molar-refractivity contribution in [2.24, 2.45) is 5.92 Å². The molecule has 5 rings (SSSR count). The molecule has 4 aromatic rings. The summed E-state index contributed by atoms with van der Waals surface area (Å²) in [5.41, 5.74) is 2.89. The minimum atomic E-state index is -0.671. The fourth-order valence-electron chi connectivity index (χ4n) is 4.54. The van der Waals surface area contributed by atoms with Crippen molar-refractivity contribution >= 4 is 23.4 Å². The van der Waals surface area contributed by atoms with Crippen molar-refractivity contribution in [2.75, 3.05) is 10.6 Å². The number of anilines is 3. The van der Waals surface area contributed by atoms with E-state index in [1.54, 1.807) is 43.6 Å². The van der Waals surface area contributed by atoms with E-state index in [2.05, 4.69) is 36.9 Å². The number of nitrogens with zero attached hydrogens (tertiary/aromatic N) is 6. The molecule has 3 heterocycles. The maximum absolute atomic E-state index is 12.0. The zero-order valence-electron chi connectivity index (χ0n) is 20.3. The van der Waals surface area contributed by atoms with Crippen molar-refractivity contribution in [2.45, 2.75) is 45.1 Å². The van der Waals surface area contributed by atoms with Crippen molar-refractivity contribution in [3.05, 3.63) is 60.7 Å². The molecule has 3 aromatic heterocycles. The quantitative estimate of drug-likeness (QED) is 0.315. The monoisotopic (exact) mass is 498 g/mol. The van der Waals surface area contributed by atoms with Gasteiger partial charge in [-0.25, -0.2) is 14.8 Å². The molecule has 2 N–H and O–H groups in total. The summed E-state index contributed by atoms with van der Waals surface area (Å²) in [5.74, 6) is 1.55. The lowest BCUT2D eigenvalue weighted by molar-refractivity contribution is 0.210. The number of benzene rings is 1. The average molecular weight is 499 g/mol. The van der Waals surface area contributed by atoms with E-state index < -0.39 is 6.09 Å². The molecule has 0 radical (unpaired) electrons. The highest BCUT2D eigenvalue weighted by Crippen LogP contribution is 2.36. The van der Waals surface area contributed by atoms with Crippen molar-refractivity contribution < 1.29 is 14.1 Å². The van der Waals surface area contributed by atoms with E-state index in [-0.39, 0.29) is 11.9 Å². The van der Waals surface area contributed by atoms with E-state index in [1.807, 2.05) is 16.9 Å². The van der Waals surface area contributed by atoms with Gasteiger partial charge in [0.05, 0.1) is 30.4 Å². The molecule has 1 aromatic carbocycles. The van der Waals surface area contributed by atoms with Gasteiger partial charge in [0.25, 0.3) is 5.88 Å². The minimum absolute atomic E-state index is 0.0881. The number of nitriles is 1. The summed E-state index contributed by atoms with van der Waals surface area (Å²) >= 11 is 0. The van der Waals surface area contributed by atoms with Crippen LogP contribution in [0.15, 0.2) is 59.5 Å². The first-order valence-corrected chi connectivity index (χ1v) is 12.1. The lowest BCUT2D eigenvalue weighted by Crippen LogP contribution is -2.17. The number of hydrogen-bond acceptors (Lipinski definition) is 9. The molecule has 1 unspecified atom stereocenters. The Morgan fingerprint density at radius 2 is 2.03 bits per heavy atom. The zero-order chi connectivity index (χ0) is 25.6. The van der Waals surface area contributed by atoms with E-state index in [4.69, 9.17) is 9.26 Å². The molecule has 0 spiro atoms. The second-order valence-corrected chi connectivity index (χ2v) is 8.94. The van der Waals surface area contributed by atoms with Crippen molar-refractivity contribution in [3.63, 3.8) is 0 Å². The van der Waals surface area contributed by atoms with Gasteiger partial charge in [0.1, 0.15) is 5.76 Å². The summed E-state index contributed by atoms with van der Waals surface area (Å²) in [5, 5.41) is 23.3. The maximum atomic E-state index is 12.0. The summed E-state index contributed by atoms with van der Waals surface area (Å²) in [7, 11) is 0. The highest BCUT2D eigenvalue weighted by atomic mass is 16.6. The predicted octanol–water partition coefficient (Wildman–Crippen LogP) is 5.64. The number of rotatable bonds is 8. The number of carbonyl (C=O) groups is 1. The van der Waals surface area contributed by atoms with E-state index in [0.717, 1.165) is 29.8 Å². The Bertz CT molecular complexity index is 1400. The van der Waals surface area contributed by atoms with Gasteiger partial charge >= 0.3 is 6.09 Å². The summed E-state index contributed by atoms with van der Waals surface area (Å²) in [4.78, 5) is 21.0. The molecule has 37 heavy (non-hydrogen) atoms. The molecule has 1 aliphatic carbocycles. The van der Waals surface area contributed by atoms with Crippen LogP contribution in [-0.2, 0) is 0 Å². The summed E-state index contributed by atoms with van der Waals surface area (Å²) in [6.07, 6.45) is 9.91. The lowest BCUT2D eigenvalue weighted by atomic mass is 9.96. The SMILES string of the molecule is Cc1cc(OC(=O)Nc2ccc(Nc3nccc(-c4cnn(C(CC#N)C5CCCC5)c4)n3)cc2)no1. The van der Waals surface area contributed by atoms with Crippen LogP contribution >= 0.6 is 0 Å². The molecular weight excluding hydrogens is 472 g/mol. The van der Waals surface area contributed by atoms with E-state index in [1.165, 1.54) is 18.9 Å². The first-order valence-electron chi connectivity index (χ1n) is 12.1. The number of hydrogen-bond donors (Lipinski definition) is 2. The summed E-state index contributed by atoms with van der Waals surface area (Å²) < 4.78 is 11.9. The molecule has 1 amide bonds. The second-order valence-electron chi connectivity index (χ2n) is 8.94. The third-order valence-corrected chi connectivity index (χ3v) is 6.33. The second kappa shape index (κ2) is 10.9. The van der Waals surface area contributed by atoms with Gasteiger partial charge in [-0.2, -0.15) is 10.4 Å². The Balaban J connectivity index is 1.22. The molecule has 11 nitrogen and oxygen atoms in total. The van der Waals surface area contributed by atoms with Crippen LogP contribution < -0.4 is 15.4 Å². The van der Waals surface area contributed by atoms with Crippen LogP contribution in [-0.4, -0.2) is 31.0 Å². The Morgan fingerprint density at radius 1 is 1.24 bits per heavy atom. The van der Waals surface area contributed by atoms with Crippen LogP contribution in [0.3, 0.4) is 0 Å². The van der Waals surface area contributed by atoms with Gasteiger partial charge < -0.3 is 14.6 Å². The summed E-state index contributed by atoms with van der Waals surface area (Å²) in [6, 6.07) is 12.8. The predicted molar refractivity (Wildman–Crippen MR) is 135 cm³/mol. The maximum Gasteiger partial charge on any atom is 0.418 e. The van der Waals surface area contributed by atoms with Gasteiger partial charge in [-0.1, -0.05) is 12.8 Å². The van der Waals surface area contributed by atoms with E-state index in [9.17, 15) is 10.1 Å². The van der Waals surface area contributed by atoms with Gasteiger partial charge in [0.2, 0.25) is 5.95 Å². The van der Waals surface area contributed by atoms with E-state index >= 15 is 0 Å². The number of aromatic nitrogens is 5. The number of amides is 1. The van der Waals surface area contributed by atoms with Crippen LogP contribution in [0.4, 0.5) is 22.1 Å². The molecule has 188 valence electrons. The van der Waals surface area contributed by atoms with Crippen LogP contribution in [0.25, 0.3) is 11.3 Å². The molecule has 1 aliphatic rings. The van der Waals surface area contributed by atoms with Gasteiger partial charge in [-0.05, 0) is 61.2 Å². The zero-order valence-corrected chi connectivity index (χ0v) is 20.3. The number of nitrogens with one attached hydrogen (secondary N) is 2. The van der Waals surface area contributed by atoms with Crippen LogP contribution in [0.2, 0.25) is 0 Å². The number of aryl methyl sites for hydroxylation is 1. The number of carbonyl (C=O) groups excluding carboxylic acids is 1. The van der Waals surface area contributed by atoms with Crippen molar-refractivity contribution in [1.82, 2.24) is 24.9 Å². The van der Waals surface area contributed by atoms with Gasteiger partial charge in [-0.3, -0.25) is 10.00 Å². The third kappa shape index (κ3) is 5.92. The van der Waals surface area contributed by atoms with E-state index in [0.29, 0.717) is 29.7 Å². The topological polar surface area (TPSA) is 144 Å². The molecule has 0 aliphatic heterocycles. The summed E-state index contributed by atoms with van der Waals surface area (Å²) in [6.45, 7) is 1.71. The highest BCUT2D eigenvalue weighted by molar-refractivity contribution is 5.86. The van der Waals surface area contributed by atoms with Gasteiger partial charge in [-0.15, -0.1) is 0 Å². The van der Waals surface area contributed by atoms with Crippen LogP contribution in [0.1, 0.15) is 43.9 Å². The third-order valence-electron chi connectivity index (χ3n) is 6.33. The minimum Gasteiger partial charge on any atom is -0.388 e. The molecule has 1 fully saturated rings. The molecule has 11 heteroatoms. The normalized spacial score (nSPS) is 14.2. The van der Waals surface area contributed by atoms with Crippen molar-refractivity contribution in [1.29, 1.82) is 5.26 Å². The molecular formula is C26H26N8O3. The largest absolute Gasteiger partial charge is 0.418 e. The standard InChI is InChI=1S/C26H26N8O3/c1-17-14-24(33-37-17)36-26(35)31-21-8-6-20(7-9-21)30-25-28-13-11-22(32-25)19-15-29-34(16-19)23(10-12-27)18-4-2-3-5-18/h6-9,11,13-16,18,23H,2-5,10H2,1H3,(H,31,35)(H,28,30,32). The Kier molecular flexibility index (Phi) is 7.07. The Morgan fingerprint density at radius 3 is 2.76 bits per heavy atom. The van der Waals surface area contributed by atoms with Crippen LogP contribution in [0, 0.1) is 24.2 Å². The first-order chi connectivity index (χ1) is 18.1. The molecule has 0 bridgehead atoms. The molecule has 1 saturated carbocycles. The van der Waals surface area contributed by atoms with Crippen LogP contribution in [0.5, 0.6) is 5.88 Å². The highest BCUT2D eigenvalue weighted by Gasteiger charge is 2.27. The number of ether oxygens (including phenoxy) is 1. The van der Waals surface area contributed by atoms with Gasteiger partial charge in [0.15, 0.2) is 0 Å². The first kappa shape index (κ1) is 24.0. The van der Waals surface area contributed by atoms with Crippen molar-refractivity contribution in [3.8, 4) is 23.2 Å². The van der Waals surface area contributed by atoms with Gasteiger partial charge in [0, 0.05) is 35.4 Å². The fraction of sp³-hybridized carbons (Fsp3) is 0.308. The lowest BCUT2D eigenvalue weighted by Gasteiger charge is -2.21.